The molecule has 0 aromatic heterocycles. The van der Waals surface area contributed by atoms with Gasteiger partial charge in [0.25, 0.3) is 0 Å². The summed E-state index contributed by atoms with van der Waals surface area (Å²) in [6, 6.07) is 5.13. The van der Waals surface area contributed by atoms with Gasteiger partial charge in [0.1, 0.15) is 5.75 Å². The number of benzene rings is 1. The SMILES string of the molecule is COC(=O)CCCC(N)c1cc(Cl)ccc1OC. The molecule has 0 aliphatic heterocycles. The Labute approximate surface area is 112 Å². The van der Waals surface area contributed by atoms with E-state index >= 15 is 0 Å². The molecule has 1 aromatic carbocycles. The molecular weight excluding hydrogens is 254 g/mol. The van der Waals surface area contributed by atoms with Gasteiger partial charge in [0.2, 0.25) is 0 Å². The zero-order valence-corrected chi connectivity index (χ0v) is 11.4. The Hall–Kier alpha value is -1.26. The Morgan fingerprint density at radius 1 is 1.44 bits per heavy atom. The second-order valence-corrected chi connectivity index (χ2v) is 4.40. The van der Waals surface area contributed by atoms with Crippen LogP contribution in [-0.2, 0) is 9.53 Å². The summed E-state index contributed by atoms with van der Waals surface area (Å²) in [6.45, 7) is 0. The molecule has 18 heavy (non-hydrogen) atoms. The average molecular weight is 272 g/mol. The number of nitrogens with two attached hydrogens (primary N) is 1. The lowest BCUT2D eigenvalue weighted by atomic mass is 10.0. The van der Waals surface area contributed by atoms with E-state index in [0.29, 0.717) is 30.0 Å². The maximum Gasteiger partial charge on any atom is 0.305 e. The van der Waals surface area contributed by atoms with E-state index in [2.05, 4.69) is 4.74 Å². The van der Waals surface area contributed by atoms with E-state index in [1.165, 1.54) is 7.11 Å². The third kappa shape index (κ3) is 4.20. The summed E-state index contributed by atoms with van der Waals surface area (Å²) in [4.78, 5) is 11.0. The predicted octanol–water partition coefficient (Wildman–Crippen LogP) is 2.69. The molecule has 0 fully saturated rings. The first-order valence-corrected chi connectivity index (χ1v) is 6.12. The first kappa shape index (κ1) is 14.8. The predicted molar refractivity (Wildman–Crippen MR) is 70.8 cm³/mol. The highest BCUT2D eigenvalue weighted by atomic mass is 35.5. The molecule has 1 aromatic rings. The van der Waals surface area contributed by atoms with E-state index in [4.69, 9.17) is 22.1 Å². The van der Waals surface area contributed by atoms with E-state index < -0.39 is 0 Å². The minimum atomic E-state index is -0.222. The van der Waals surface area contributed by atoms with Gasteiger partial charge < -0.3 is 15.2 Å². The van der Waals surface area contributed by atoms with Crippen LogP contribution in [-0.4, -0.2) is 20.2 Å². The van der Waals surface area contributed by atoms with E-state index in [-0.39, 0.29) is 12.0 Å². The van der Waals surface area contributed by atoms with Crippen LogP contribution < -0.4 is 10.5 Å². The second-order valence-electron chi connectivity index (χ2n) is 3.96. The zero-order chi connectivity index (χ0) is 13.5. The van der Waals surface area contributed by atoms with E-state index in [1.54, 1.807) is 25.3 Å². The van der Waals surface area contributed by atoms with Crippen LogP contribution in [0.5, 0.6) is 5.75 Å². The Bertz CT molecular complexity index is 409. The molecule has 2 N–H and O–H groups in total. The lowest BCUT2D eigenvalue weighted by molar-refractivity contribution is -0.140. The van der Waals surface area contributed by atoms with Crippen molar-refractivity contribution >= 4 is 17.6 Å². The molecule has 5 heteroatoms. The number of hydrogen-bond acceptors (Lipinski definition) is 4. The molecule has 1 atom stereocenters. The van der Waals surface area contributed by atoms with Crippen LogP contribution in [0.1, 0.15) is 30.9 Å². The van der Waals surface area contributed by atoms with Crippen LogP contribution >= 0.6 is 11.6 Å². The third-order valence-electron chi connectivity index (χ3n) is 2.71. The number of carbonyl (C=O) groups excluding carboxylic acids is 1. The zero-order valence-electron chi connectivity index (χ0n) is 10.6. The molecule has 4 nitrogen and oxygen atoms in total. The highest BCUT2D eigenvalue weighted by molar-refractivity contribution is 6.30. The summed E-state index contributed by atoms with van der Waals surface area (Å²) >= 11 is 5.94. The number of hydrogen-bond donors (Lipinski definition) is 1. The molecule has 0 aliphatic carbocycles. The number of esters is 1. The van der Waals surface area contributed by atoms with Gasteiger partial charge in [0, 0.05) is 23.0 Å². The summed E-state index contributed by atoms with van der Waals surface area (Å²) in [7, 11) is 2.97. The number of rotatable bonds is 6. The van der Waals surface area contributed by atoms with Crippen LogP contribution in [0.15, 0.2) is 18.2 Å². The monoisotopic (exact) mass is 271 g/mol. The van der Waals surface area contributed by atoms with E-state index in [1.807, 2.05) is 0 Å². The normalized spacial score (nSPS) is 12.0. The van der Waals surface area contributed by atoms with Gasteiger partial charge in [0.15, 0.2) is 0 Å². The fourth-order valence-electron chi connectivity index (χ4n) is 1.72. The first-order chi connectivity index (χ1) is 8.58. The van der Waals surface area contributed by atoms with E-state index in [9.17, 15) is 4.79 Å². The maximum absolute atomic E-state index is 11.0. The summed E-state index contributed by atoms with van der Waals surface area (Å²) in [5.74, 6) is 0.491. The van der Waals surface area contributed by atoms with Crippen molar-refractivity contribution < 1.29 is 14.3 Å². The standard InChI is InChI=1S/C13H18ClNO3/c1-17-12-7-6-9(14)8-10(12)11(15)4-3-5-13(16)18-2/h6-8,11H,3-5,15H2,1-2H3. The Morgan fingerprint density at radius 3 is 2.78 bits per heavy atom. The van der Waals surface area contributed by atoms with Crippen molar-refractivity contribution in [3.05, 3.63) is 28.8 Å². The number of carbonyl (C=O) groups is 1. The highest BCUT2D eigenvalue weighted by Crippen LogP contribution is 2.29. The molecule has 0 radical (unpaired) electrons. The van der Waals surface area contributed by atoms with E-state index in [0.717, 1.165) is 5.56 Å². The van der Waals surface area contributed by atoms with Crippen LogP contribution in [0.2, 0.25) is 5.02 Å². The van der Waals surface area contributed by atoms with Gasteiger partial charge >= 0.3 is 5.97 Å². The molecule has 0 saturated carbocycles. The number of ether oxygens (including phenoxy) is 2. The third-order valence-corrected chi connectivity index (χ3v) is 2.95. The maximum atomic E-state index is 11.0. The molecule has 1 rings (SSSR count). The molecule has 0 aliphatic rings. The fraction of sp³-hybridized carbons (Fsp3) is 0.462. The van der Waals surface area contributed by atoms with Gasteiger partial charge in [-0.1, -0.05) is 11.6 Å². The summed E-state index contributed by atoms with van der Waals surface area (Å²) in [6.07, 6.45) is 1.71. The summed E-state index contributed by atoms with van der Waals surface area (Å²) in [5, 5.41) is 0.620. The van der Waals surface area contributed by atoms with Crippen molar-refractivity contribution in [3.8, 4) is 5.75 Å². The second kappa shape index (κ2) is 7.24. The molecule has 0 spiro atoms. The first-order valence-electron chi connectivity index (χ1n) is 5.74. The van der Waals surface area contributed by atoms with Crippen LogP contribution in [0.3, 0.4) is 0 Å². The van der Waals surface area contributed by atoms with Gasteiger partial charge in [-0.15, -0.1) is 0 Å². The minimum absolute atomic E-state index is 0.205. The summed E-state index contributed by atoms with van der Waals surface area (Å²) in [5.41, 5.74) is 6.93. The molecule has 0 bridgehead atoms. The largest absolute Gasteiger partial charge is 0.496 e. The van der Waals surface area contributed by atoms with Crippen LogP contribution in [0.25, 0.3) is 0 Å². The molecule has 1 unspecified atom stereocenters. The molecule has 100 valence electrons. The van der Waals surface area contributed by atoms with Crippen molar-refractivity contribution in [1.82, 2.24) is 0 Å². The van der Waals surface area contributed by atoms with Crippen molar-refractivity contribution in [3.63, 3.8) is 0 Å². The van der Waals surface area contributed by atoms with Crippen LogP contribution in [0, 0.1) is 0 Å². The molecule has 0 amide bonds. The lowest BCUT2D eigenvalue weighted by Gasteiger charge is -2.15. The van der Waals surface area contributed by atoms with Crippen molar-refractivity contribution in [2.75, 3.05) is 14.2 Å². The highest BCUT2D eigenvalue weighted by Gasteiger charge is 2.13. The quantitative estimate of drug-likeness (QED) is 0.808. The Morgan fingerprint density at radius 2 is 2.17 bits per heavy atom. The van der Waals surface area contributed by atoms with Gasteiger partial charge in [0.05, 0.1) is 14.2 Å². The lowest BCUT2D eigenvalue weighted by Crippen LogP contribution is -2.12. The average Bonchev–Trinajstić information content (AvgIpc) is 2.38. The van der Waals surface area contributed by atoms with Crippen molar-refractivity contribution in [2.24, 2.45) is 5.73 Å². The van der Waals surface area contributed by atoms with Gasteiger partial charge in [-0.2, -0.15) is 0 Å². The van der Waals surface area contributed by atoms with Gasteiger partial charge in [-0.3, -0.25) is 4.79 Å². The molecular formula is C13H18ClNO3. The molecule has 0 saturated heterocycles. The number of methoxy groups -OCH3 is 2. The smallest absolute Gasteiger partial charge is 0.305 e. The number of halogens is 1. The Kier molecular flexibility index (Phi) is 5.95. The van der Waals surface area contributed by atoms with Crippen LogP contribution in [0.4, 0.5) is 0 Å². The molecule has 0 heterocycles. The van der Waals surface area contributed by atoms with Gasteiger partial charge in [-0.05, 0) is 31.0 Å². The summed E-state index contributed by atoms with van der Waals surface area (Å²) < 4.78 is 9.82. The Balaban J connectivity index is 2.62. The topological polar surface area (TPSA) is 61.5 Å². The van der Waals surface area contributed by atoms with Crippen molar-refractivity contribution in [1.29, 1.82) is 0 Å². The van der Waals surface area contributed by atoms with Gasteiger partial charge in [-0.25, -0.2) is 0 Å². The fourth-order valence-corrected chi connectivity index (χ4v) is 1.90. The van der Waals surface area contributed by atoms with Crippen molar-refractivity contribution in [2.45, 2.75) is 25.3 Å². The minimum Gasteiger partial charge on any atom is -0.496 e.